The van der Waals surface area contributed by atoms with Gasteiger partial charge >= 0.3 is 0 Å². The van der Waals surface area contributed by atoms with Crippen molar-refractivity contribution in [2.24, 2.45) is 0 Å². The predicted octanol–water partition coefficient (Wildman–Crippen LogP) is 6.55. The summed E-state index contributed by atoms with van der Waals surface area (Å²) >= 11 is 0. The van der Waals surface area contributed by atoms with Gasteiger partial charge in [0.15, 0.2) is 0 Å². The van der Waals surface area contributed by atoms with Crippen molar-refractivity contribution >= 4 is 32.6 Å². The van der Waals surface area contributed by atoms with Crippen molar-refractivity contribution in [2.75, 3.05) is 0 Å². The summed E-state index contributed by atoms with van der Waals surface area (Å²) in [5.74, 6) is 0. The van der Waals surface area contributed by atoms with Gasteiger partial charge in [-0.2, -0.15) is 0 Å². The van der Waals surface area contributed by atoms with Gasteiger partial charge in [0.2, 0.25) is 0 Å². The molecule has 0 fully saturated rings. The molecular formula is C24H19N. The second-order valence-electron chi connectivity index (χ2n) is 6.87. The van der Waals surface area contributed by atoms with Crippen molar-refractivity contribution in [3.05, 3.63) is 90.0 Å². The van der Waals surface area contributed by atoms with E-state index >= 15 is 0 Å². The van der Waals surface area contributed by atoms with Crippen LogP contribution in [-0.4, -0.2) is 4.57 Å². The lowest BCUT2D eigenvalue weighted by molar-refractivity contribution is 1.19. The topological polar surface area (TPSA) is 4.93 Å². The minimum atomic E-state index is 1.24. The number of rotatable bonds is 1. The molecule has 0 unspecified atom stereocenters. The van der Waals surface area contributed by atoms with Gasteiger partial charge in [0, 0.05) is 16.2 Å². The summed E-state index contributed by atoms with van der Waals surface area (Å²) in [6.45, 7) is 4.32. The van der Waals surface area contributed by atoms with E-state index in [9.17, 15) is 0 Å². The molecule has 0 bridgehead atoms. The summed E-state index contributed by atoms with van der Waals surface area (Å²) in [6.07, 6.45) is 0. The van der Waals surface area contributed by atoms with E-state index in [2.05, 4.69) is 97.3 Å². The first kappa shape index (κ1) is 14.3. The maximum atomic E-state index is 2.42. The van der Waals surface area contributed by atoms with Gasteiger partial charge in [-0.3, -0.25) is 0 Å². The van der Waals surface area contributed by atoms with Gasteiger partial charge in [-0.25, -0.2) is 0 Å². The molecule has 0 radical (unpaired) electrons. The molecule has 0 aliphatic carbocycles. The van der Waals surface area contributed by atoms with Crippen molar-refractivity contribution in [3.63, 3.8) is 0 Å². The fraction of sp³-hybridized carbons (Fsp3) is 0.0833. The van der Waals surface area contributed by atoms with Crippen LogP contribution in [0.25, 0.3) is 38.3 Å². The molecule has 0 saturated heterocycles. The Morgan fingerprint density at radius 3 is 1.84 bits per heavy atom. The molecule has 0 spiro atoms. The van der Waals surface area contributed by atoms with Crippen LogP contribution in [0.5, 0.6) is 0 Å². The van der Waals surface area contributed by atoms with E-state index in [4.69, 9.17) is 0 Å². The molecule has 1 nitrogen and oxygen atoms in total. The molecule has 4 aromatic carbocycles. The minimum Gasteiger partial charge on any atom is -0.309 e. The third-order valence-corrected chi connectivity index (χ3v) is 5.09. The Bertz CT molecular complexity index is 1190. The highest BCUT2D eigenvalue weighted by Crippen LogP contribution is 2.35. The second-order valence-corrected chi connectivity index (χ2v) is 6.87. The lowest BCUT2D eigenvalue weighted by Gasteiger charge is -2.12. The molecule has 5 aromatic rings. The molecule has 0 atom stereocenters. The van der Waals surface area contributed by atoms with Gasteiger partial charge in [-0.15, -0.1) is 0 Å². The van der Waals surface area contributed by atoms with Crippen LogP contribution in [0.4, 0.5) is 0 Å². The zero-order valence-electron chi connectivity index (χ0n) is 14.5. The number of fused-ring (bicyclic) bond motifs is 4. The molecular weight excluding hydrogens is 302 g/mol. The first-order chi connectivity index (χ1) is 12.2. The predicted molar refractivity (Wildman–Crippen MR) is 108 cm³/mol. The maximum Gasteiger partial charge on any atom is 0.0543 e. The van der Waals surface area contributed by atoms with Crippen LogP contribution >= 0.6 is 0 Å². The monoisotopic (exact) mass is 321 g/mol. The van der Waals surface area contributed by atoms with E-state index in [0.29, 0.717) is 0 Å². The van der Waals surface area contributed by atoms with Crippen LogP contribution in [0, 0.1) is 13.8 Å². The Labute approximate surface area is 147 Å². The van der Waals surface area contributed by atoms with Gasteiger partial charge in [-0.1, -0.05) is 60.7 Å². The summed E-state index contributed by atoms with van der Waals surface area (Å²) in [7, 11) is 0. The molecule has 1 aromatic heterocycles. The SMILES string of the molecule is Cc1ccc2c3ccc(C)cc3n(-c3cccc4ccccc34)c2c1. The van der Waals surface area contributed by atoms with Crippen LogP contribution in [0.15, 0.2) is 78.9 Å². The number of aromatic nitrogens is 1. The minimum absolute atomic E-state index is 1.24. The zero-order valence-corrected chi connectivity index (χ0v) is 14.5. The van der Waals surface area contributed by atoms with Crippen molar-refractivity contribution in [1.82, 2.24) is 4.57 Å². The molecule has 0 aliphatic rings. The van der Waals surface area contributed by atoms with E-state index < -0.39 is 0 Å². The number of benzene rings is 4. The van der Waals surface area contributed by atoms with Crippen LogP contribution in [0.3, 0.4) is 0 Å². The van der Waals surface area contributed by atoms with Crippen molar-refractivity contribution in [3.8, 4) is 5.69 Å². The molecule has 5 rings (SSSR count). The third-order valence-electron chi connectivity index (χ3n) is 5.09. The van der Waals surface area contributed by atoms with Gasteiger partial charge < -0.3 is 4.57 Å². The lowest BCUT2D eigenvalue weighted by atomic mass is 10.1. The lowest BCUT2D eigenvalue weighted by Crippen LogP contribution is -1.95. The Morgan fingerprint density at radius 1 is 0.560 bits per heavy atom. The van der Waals surface area contributed by atoms with E-state index in [1.54, 1.807) is 0 Å². The fourth-order valence-corrected chi connectivity index (χ4v) is 3.90. The normalized spacial score (nSPS) is 11.6. The number of aryl methyl sites for hydroxylation is 2. The summed E-state index contributed by atoms with van der Waals surface area (Å²) in [6, 6.07) is 28.7. The van der Waals surface area contributed by atoms with Gasteiger partial charge in [0.05, 0.1) is 16.7 Å². The Morgan fingerprint density at radius 2 is 1.16 bits per heavy atom. The smallest absolute Gasteiger partial charge is 0.0543 e. The molecule has 0 aliphatic heterocycles. The number of hydrogen-bond acceptors (Lipinski definition) is 0. The van der Waals surface area contributed by atoms with Gasteiger partial charge in [-0.05, 0) is 48.6 Å². The van der Waals surface area contributed by atoms with E-state index in [1.165, 1.54) is 49.4 Å². The Kier molecular flexibility index (Phi) is 2.98. The van der Waals surface area contributed by atoms with Crippen LogP contribution < -0.4 is 0 Å². The first-order valence-corrected chi connectivity index (χ1v) is 8.72. The van der Waals surface area contributed by atoms with Crippen molar-refractivity contribution in [1.29, 1.82) is 0 Å². The standard InChI is InChI=1S/C24H19N/c1-16-10-12-20-21-13-11-17(2)15-24(21)25(23(20)14-16)22-9-5-7-18-6-3-4-8-19(18)22/h3-15H,1-2H3. The Hall–Kier alpha value is -3.06. The zero-order chi connectivity index (χ0) is 17.0. The molecule has 0 saturated carbocycles. The molecule has 120 valence electrons. The van der Waals surface area contributed by atoms with E-state index in [-0.39, 0.29) is 0 Å². The van der Waals surface area contributed by atoms with Gasteiger partial charge in [0.25, 0.3) is 0 Å². The fourth-order valence-electron chi connectivity index (χ4n) is 3.90. The average Bonchev–Trinajstić information content (AvgIpc) is 2.93. The summed E-state index contributed by atoms with van der Waals surface area (Å²) in [5, 5.41) is 5.18. The first-order valence-electron chi connectivity index (χ1n) is 8.72. The summed E-state index contributed by atoms with van der Waals surface area (Å²) in [5.41, 5.74) is 6.37. The highest BCUT2D eigenvalue weighted by Gasteiger charge is 2.14. The third kappa shape index (κ3) is 2.09. The maximum absolute atomic E-state index is 2.42. The molecule has 1 heteroatoms. The number of hydrogen-bond donors (Lipinski definition) is 0. The van der Waals surface area contributed by atoms with Crippen molar-refractivity contribution < 1.29 is 0 Å². The second kappa shape index (κ2) is 5.22. The molecule has 1 heterocycles. The van der Waals surface area contributed by atoms with E-state index in [0.717, 1.165) is 0 Å². The van der Waals surface area contributed by atoms with Crippen LogP contribution in [0.2, 0.25) is 0 Å². The van der Waals surface area contributed by atoms with Crippen LogP contribution in [-0.2, 0) is 0 Å². The molecule has 0 N–H and O–H groups in total. The summed E-state index contributed by atoms with van der Waals surface area (Å²) in [4.78, 5) is 0. The van der Waals surface area contributed by atoms with E-state index in [1.807, 2.05) is 0 Å². The largest absolute Gasteiger partial charge is 0.309 e. The average molecular weight is 321 g/mol. The highest BCUT2D eigenvalue weighted by atomic mass is 15.0. The van der Waals surface area contributed by atoms with Crippen molar-refractivity contribution in [2.45, 2.75) is 13.8 Å². The van der Waals surface area contributed by atoms with Crippen LogP contribution in [0.1, 0.15) is 11.1 Å². The quantitative estimate of drug-likeness (QED) is 0.330. The molecule has 25 heavy (non-hydrogen) atoms. The highest BCUT2D eigenvalue weighted by molar-refractivity contribution is 6.10. The molecule has 0 amide bonds. The van der Waals surface area contributed by atoms with Gasteiger partial charge in [0.1, 0.15) is 0 Å². The Balaban J connectivity index is 2.03. The number of nitrogens with zero attached hydrogens (tertiary/aromatic N) is 1. The summed E-state index contributed by atoms with van der Waals surface area (Å²) < 4.78 is 2.42.